The third-order valence-electron chi connectivity index (χ3n) is 13.3. The van der Waals surface area contributed by atoms with Crippen LogP contribution >= 0.6 is 0 Å². The molecule has 4 nitrogen and oxygen atoms in total. The third-order valence-corrected chi connectivity index (χ3v) is 13.3. The van der Waals surface area contributed by atoms with E-state index in [-0.39, 0.29) is 5.41 Å². The lowest BCUT2D eigenvalue weighted by atomic mass is 9.82. The van der Waals surface area contributed by atoms with Gasteiger partial charge in [0.2, 0.25) is 5.95 Å². The Morgan fingerprint density at radius 2 is 1.03 bits per heavy atom. The molecule has 3 aromatic heterocycles. The van der Waals surface area contributed by atoms with Crippen LogP contribution in [0.25, 0.3) is 110 Å². The molecule has 13 rings (SSSR count). The van der Waals surface area contributed by atoms with Crippen LogP contribution in [0, 0.1) is 0 Å². The zero-order valence-corrected chi connectivity index (χ0v) is 33.8. The highest BCUT2D eigenvalue weighted by Crippen LogP contribution is 2.50. The van der Waals surface area contributed by atoms with Gasteiger partial charge in [0, 0.05) is 43.6 Å². The second kappa shape index (κ2) is 12.6. The smallest absolute Gasteiger partial charge is 0.235 e. The predicted molar refractivity (Wildman–Crippen MR) is 254 cm³/mol. The van der Waals surface area contributed by atoms with Gasteiger partial charge in [-0.1, -0.05) is 147 Å². The van der Waals surface area contributed by atoms with Crippen molar-refractivity contribution in [1.82, 2.24) is 19.1 Å². The van der Waals surface area contributed by atoms with Gasteiger partial charge in [-0.15, -0.1) is 0 Å². The van der Waals surface area contributed by atoms with Gasteiger partial charge < -0.3 is 4.57 Å². The fraction of sp³-hybridized carbons (Fsp3) is 0.0526. The summed E-state index contributed by atoms with van der Waals surface area (Å²) in [4.78, 5) is 10.8. The van der Waals surface area contributed by atoms with E-state index in [0.717, 1.165) is 33.2 Å². The Morgan fingerprint density at radius 3 is 1.90 bits per heavy atom. The highest BCUT2D eigenvalue weighted by Gasteiger charge is 2.35. The number of rotatable bonds is 4. The number of fused-ring (bicyclic) bond motifs is 12. The van der Waals surface area contributed by atoms with Gasteiger partial charge in [-0.3, -0.25) is 4.57 Å². The first-order valence-electron chi connectivity index (χ1n) is 21.1. The standard InChI is InChI=1S/C57H38N4/c1-57(2)47-20-10-6-16-41(47)42-29-25-38(34-48(42)57)55-44-18-7-11-21-49(44)58-56(59-55)61-51-23-13-9-19-45(51)54-40-28-24-35(32-37(40)27-31-53(54)61)36-26-30-52-46(33-36)43-17-8-12-22-50(43)60(52)39-14-4-3-5-15-39/h3-34H,1-2H3. The minimum Gasteiger partial charge on any atom is -0.309 e. The highest BCUT2D eigenvalue weighted by molar-refractivity contribution is 6.21. The van der Waals surface area contributed by atoms with Crippen molar-refractivity contribution in [2.24, 2.45) is 0 Å². The van der Waals surface area contributed by atoms with Crippen LogP contribution in [0.1, 0.15) is 25.0 Å². The molecule has 0 saturated heterocycles. The molecular weight excluding hydrogens is 741 g/mol. The summed E-state index contributed by atoms with van der Waals surface area (Å²) in [5.74, 6) is 0.668. The SMILES string of the molecule is CC1(C)c2ccccc2-c2ccc(-c3nc(-n4c5ccccc5c5c6ccc(-c7ccc8c(c7)c7ccccc7n8-c7ccccc7)cc6ccc54)nc4ccccc34)cc21. The van der Waals surface area contributed by atoms with E-state index < -0.39 is 0 Å². The topological polar surface area (TPSA) is 35.6 Å². The summed E-state index contributed by atoms with van der Waals surface area (Å²) in [5.41, 5.74) is 16.3. The van der Waals surface area contributed by atoms with Crippen molar-refractivity contribution in [3.8, 4) is 45.1 Å². The van der Waals surface area contributed by atoms with E-state index >= 15 is 0 Å². The van der Waals surface area contributed by atoms with Gasteiger partial charge in [0.25, 0.3) is 0 Å². The van der Waals surface area contributed by atoms with Gasteiger partial charge >= 0.3 is 0 Å². The maximum absolute atomic E-state index is 5.49. The van der Waals surface area contributed by atoms with Gasteiger partial charge in [0.1, 0.15) is 0 Å². The molecule has 0 unspecified atom stereocenters. The average molecular weight is 779 g/mol. The molecular formula is C57H38N4. The van der Waals surface area contributed by atoms with Crippen molar-refractivity contribution in [2.45, 2.75) is 19.3 Å². The van der Waals surface area contributed by atoms with Gasteiger partial charge in [0.15, 0.2) is 0 Å². The Labute approximate surface area is 352 Å². The van der Waals surface area contributed by atoms with Crippen molar-refractivity contribution >= 4 is 65.3 Å². The third kappa shape index (κ3) is 4.87. The number of aromatic nitrogens is 4. The van der Waals surface area contributed by atoms with E-state index in [4.69, 9.17) is 9.97 Å². The monoisotopic (exact) mass is 778 g/mol. The summed E-state index contributed by atoms with van der Waals surface area (Å²) in [5, 5.41) is 8.34. The molecule has 1 aliphatic carbocycles. The molecule has 0 aliphatic heterocycles. The van der Waals surface area contributed by atoms with E-state index in [0.29, 0.717) is 5.95 Å². The largest absolute Gasteiger partial charge is 0.309 e. The molecule has 12 aromatic rings. The molecule has 61 heavy (non-hydrogen) atoms. The maximum atomic E-state index is 5.49. The summed E-state index contributed by atoms with van der Waals surface area (Å²) in [6.45, 7) is 4.67. The summed E-state index contributed by atoms with van der Waals surface area (Å²) in [6, 6.07) is 70.5. The lowest BCUT2D eigenvalue weighted by Gasteiger charge is -2.22. The van der Waals surface area contributed by atoms with Crippen molar-refractivity contribution in [1.29, 1.82) is 0 Å². The molecule has 0 fully saturated rings. The molecule has 4 heteroatoms. The average Bonchev–Trinajstić information content (AvgIpc) is 3.91. The molecule has 0 amide bonds. The summed E-state index contributed by atoms with van der Waals surface area (Å²) in [6.07, 6.45) is 0. The van der Waals surface area contributed by atoms with Crippen molar-refractivity contribution in [3.05, 3.63) is 205 Å². The van der Waals surface area contributed by atoms with Crippen LogP contribution in [0.5, 0.6) is 0 Å². The Morgan fingerprint density at radius 1 is 0.393 bits per heavy atom. The number of hydrogen-bond acceptors (Lipinski definition) is 2. The zero-order valence-electron chi connectivity index (χ0n) is 33.8. The first-order chi connectivity index (χ1) is 30.0. The second-order valence-corrected chi connectivity index (χ2v) is 17.0. The quantitative estimate of drug-likeness (QED) is 0.178. The molecule has 0 spiro atoms. The molecule has 3 heterocycles. The van der Waals surface area contributed by atoms with Crippen LogP contribution in [0.2, 0.25) is 0 Å². The molecule has 0 radical (unpaired) electrons. The molecule has 0 saturated carbocycles. The molecule has 0 N–H and O–H groups in total. The molecule has 0 atom stereocenters. The Balaban J connectivity index is 0.973. The minimum absolute atomic E-state index is 0.114. The van der Waals surface area contributed by atoms with E-state index in [1.807, 2.05) is 0 Å². The van der Waals surface area contributed by atoms with Gasteiger partial charge in [0.05, 0.1) is 33.3 Å². The van der Waals surface area contributed by atoms with Crippen LogP contribution < -0.4 is 0 Å². The lowest BCUT2D eigenvalue weighted by molar-refractivity contribution is 0.660. The number of benzene rings is 9. The second-order valence-electron chi connectivity index (χ2n) is 17.0. The number of nitrogens with zero attached hydrogens (tertiary/aromatic N) is 4. The van der Waals surface area contributed by atoms with Gasteiger partial charge in [-0.25, -0.2) is 9.97 Å². The van der Waals surface area contributed by atoms with Crippen LogP contribution in [0.4, 0.5) is 0 Å². The van der Waals surface area contributed by atoms with Crippen LogP contribution in [0.3, 0.4) is 0 Å². The van der Waals surface area contributed by atoms with E-state index in [1.165, 1.54) is 82.4 Å². The predicted octanol–water partition coefficient (Wildman–Crippen LogP) is 14.6. The summed E-state index contributed by atoms with van der Waals surface area (Å²) >= 11 is 0. The normalized spacial score (nSPS) is 13.2. The minimum atomic E-state index is -0.114. The fourth-order valence-electron chi connectivity index (χ4n) is 10.4. The summed E-state index contributed by atoms with van der Waals surface area (Å²) < 4.78 is 4.63. The number of hydrogen-bond donors (Lipinski definition) is 0. The van der Waals surface area contributed by atoms with Crippen molar-refractivity contribution in [3.63, 3.8) is 0 Å². The van der Waals surface area contributed by atoms with Crippen molar-refractivity contribution in [2.75, 3.05) is 0 Å². The van der Waals surface area contributed by atoms with E-state index in [2.05, 4.69) is 217 Å². The first-order valence-corrected chi connectivity index (χ1v) is 21.1. The molecule has 9 aromatic carbocycles. The van der Waals surface area contributed by atoms with Crippen LogP contribution in [0.15, 0.2) is 194 Å². The van der Waals surface area contributed by atoms with Crippen LogP contribution in [-0.2, 0) is 5.41 Å². The van der Waals surface area contributed by atoms with E-state index in [9.17, 15) is 0 Å². The maximum Gasteiger partial charge on any atom is 0.235 e. The summed E-state index contributed by atoms with van der Waals surface area (Å²) in [7, 11) is 0. The highest BCUT2D eigenvalue weighted by atomic mass is 15.2. The Bertz CT molecular complexity index is 3790. The fourth-order valence-corrected chi connectivity index (χ4v) is 10.4. The molecule has 0 bridgehead atoms. The van der Waals surface area contributed by atoms with E-state index in [1.54, 1.807) is 0 Å². The molecule has 1 aliphatic rings. The zero-order chi connectivity index (χ0) is 40.4. The van der Waals surface area contributed by atoms with Gasteiger partial charge in [-0.05, 0) is 105 Å². The Kier molecular flexibility index (Phi) is 7.04. The first kappa shape index (κ1) is 34.1. The number of para-hydroxylation sites is 4. The van der Waals surface area contributed by atoms with Crippen molar-refractivity contribution < 1.29 is 0 Å². The Hall–Kier alpha value is -7.82. The van der Waals surface area contributed by atoms with Gasteiger partial charge in [-0.2, -0.15) is 0 Å². The van der Waals surface area contributed by atoms with Crippen LogP contribution in [-0.4, -0.2) is 19.1 Å². The molecule has 286 valence electrons. The lowest BCUT2D eigenvalue weighted by Crippen LogP contribution is -2.15.